The van der Waals surface area contributed by atoms with Gasteiger partial charge in [0.05, 0.1) is 11.9 Å². The zero-order valence-electron chi connectivity index (χ0n) is 14.0. The van der Waals surface area contributed by atoms with Gasteiger partial charge in [-0.15, -0.1) is 0 Å². The van der Waals surface area contributed by atoms with Crippen molar-refractivity contribution in [3.8, 4) is 11.4 Å². The van der Waals surface area contributed by atoms with E-state index in [0.29, 0.717) is 23.8 Å². The maximum Gasteiger partial charge on any atom is 0.227 e. The standard InChI is InChI=1S/C17H18N6O2/c1-23(2)14-4-3-13(11-19-14)20-15(24)5-6-16-21-17(22-25-16)12-7-9-18-10-8-12/h3-4,7-11H,5-6H2,1-2H3,(H,20,24). The molecule has 0 atom stereocenters. The third-order valence-corrected chi connectivity index (χ3v) is 3.46. The molecule has 3 aromatic heterocycles. The van der Waals surface area contributed by atoms with E-state index in [1.807, 2.05) is 31.1 Å². The zero-order valence-corrected chi connectivity index (χ0v) is 14.0. The predicted molar refractivity (Wildman–Crippen MR) is 93.0 cm³/mol. The Morgan fingerprint density at radius 3 is 2.68 bits per heavy atom. The van der Waals surface area contributed by atoms with Crippen molar-refractivity contribution in [2.45, 2.75) is 12.8 Å². The Kier molecular flexibility index (Phi) is 4.98. The summed E-state index contributed by atoms with van der Waals surface area (Å²) in [5.74, 6) is 1.60. The number of nitrogens with zero attached hydrogens (tertiary/aromatic N) is 5. The van der Waals surface area contributed by atoms with E-state index in [9.17, 15) is 4.79 Å². The molecule has 0 bridgehead atoms. The quantitative estimate of drug-likeness (QED) is 0.735. The van der Waals surface area contributed by atoms with E-state index >= 15 is 0 Å². The van der Waals surface area contributed by atoms with E-state index in [1.54, 1.807) is 30.7 Å². The van der Waals surface area contributed by atoms with Crippen LogP contribution in [-0.2, 0) is 11.2 Å². The minimum atomic E-state index is -0.136. The second kappa shape index (κ2) is 7.52. The Labute approximate surface area is 144 Å². The van der Waals surface area contributed by atoms with Crippen LogP contribution >= 0.6 is 0 Å². The summed E-state index contributed by atoms with van der Waals surface area (Å²) < 4.78 is 5.18. The van der Waals surface area contributed by atoms with Gasteiger partial charge in [-0.25, -0.2) is 4.98 Å². The molecule has 0 radical (unpaired) electrons. The van der Waals surface area contributed by atoms with Crippen LogP contribution in [0.25, 0.3) is 11.4 Å². The van der Waals surface area contributed by atoms with E-state index < -0.39 is 0 Å². The summed E-state index contributed by atoms with van der Waals surface area (Å²) in [7, 11) is 3.82. The third-order valence-electron chi connectivity index (χ3n) is 3.46. The summed E-state index contributed by atoms with van der Waals surface area (Å²) >= 11 is 0. The molecule has 0 aliphatic rings. The Bertz CT molecular complexity index is 830. The SMILES string of the molecule is CN(C)c1ccc(NC(=O)CCc2nc(-c3ccncc3)no2)cn1. The van der Waals surface area contributed by atoms with E-state index in [0.717, 1.165) is 11.4 Å². The minimum Gasteiger partial charge on any atom is -0.363 e. The summed E-state index contributed by atoms with van der Waals surface area (Å²) in [6.07, 6.45) is 5.56. The zero-order chi connectivity index (χ0) is 17.6. The third kappa shape index (κ3) is 4.37. The molecule has 0 aliphatic heterocycles. The topological polar surface area (TPSA) is 97.0 Å². The number of carbonyl (C=O) groups is 1. The monoisotopic (exact) mass is 338 g/mol. The molecule has 0 aliphatic carbocycles. The first kappa shape index (κ1) is 16.6. The van der Waals surface area contributed by atoms with Crippen LogP contribution in [0, 0.1) is 0 Å². The molecule has 25 heavy (non-hydrogen) atoms. The molecule has 0 unspecified atom stereocenters. The number of aromatic nitrogens is 4. The van der Waals surface area contributed by atoms with Crippen LogP contribution in [-0.4, -0.2) is 40.1 Å². The number of amides is 1. The fourth-order valence-electron chi connectivity index (χ4n) is 2.14. The molecular formula is C17H18N6O2. The summed E-state index contributed by atoms with van der Waals surface area (Å²) in [6, 6.07) is 7.25. The number of carbonyl (C=O) groups excluding carboxylic acids is 1. The van der Waals surface area contributed by atoms with Gasteiger partial charge in [0.2, 0.25) is 17.6 Å². The Morgan fingerprint density at radius 2 is 2.00 bits per heavy atom. The van der Waals surface area contributed by atoms with Gasteiger partial charge in [-0.1, -0.05) is 5.16 Å². The van der Waals surface area contributed by atoms with Crippen LogP contribution in [0.4, 0.5) is 11.5 Å². The van der Waals surface area contributed by atoms with E-state index in [2.05, 4.69) is 25.4 Å². The highest BCUT2D eigenvalue weighted by Gasteiger charge is 2.11. The van der Waals surface area contributed by atoms with Crippen molar-refractivity contribution in [1.82, 2.24) is 20.1 Å². The highest BCUT2D eigenvalue weighted by Crippen LogP contribution is 2.15. The molecule has 3 heterocycles. The van der Waals surface area contributed by atoms with Crippen LogP contribution in [0.3, 0.4) is 0 Å². The van der Waals surface area contributed by atoms with Crippen LogP contribution in [0.1, 0.15) is 12.3 Å². The molecule has 8 nitrogen and oxygen atoms in total. The van der Waals surface area contributed by atoms with Crippen LogP contribution < -0.4 is 10.2 Å². The highest BCUT2D eigenvalue weighted by molar-refractivity contribution is 5.90. The number of hydrogen-bond acceptors (Lipinski definition) is 7. The molecule has 0 fully saturated rings. The van der Waals surface area contributed by atoms with Crippen LogP contribution in [0.15, 0.2) is 47.4 Å². The molecule has 0 spiro atoms. The Morgan fingerprint density at radius 1 is 1.20 bits per heavy atom. The van der Waals surface area contributed by atoms with Gasteiger partial charge in [0.25, 0.3) is 0 Å². The van der Waals surface area contributed by atoms with Gasteiger partial charge >= 0.3 is 0 Å². The Balaban J connectivity index is 1.53. The maximum absolute atomic E-state index is 12.0. The van der Waals surface area contributed by atoms with Gasteiger partial charge in [-0.2, -0.15) is 4.98 Å². The van der Waals surface area contributed by atoms with Gasteiger partial charge in [-0.3, -0.25) is 9.78 Å². The van der Waals surface area contributed by atoms with Gasteiger partial charge in [-0.05, 0) is 24.3 Å². The van der Waals surface area contributed by atoms with Crippen LogP contribution in [0.2, 0.25) is 0 Å². The lowest BCUT2D eigenvalue weighted by Crippen LogP contribution is -2.14. The highest BCUT2D eigenvalue weighted by atomic mass is 16.5. The Hall–Kier alpha value is -3.29. The van der Waals surface area contributed by atoms with Gasteiger partial charge in [0.15, 0.2) is 0 Å². The normalized spacial score (nSPS) is 10.5. The van der Waals surface area contributed by atoms with Crippen molar-refractivity contribution in [1.29, 1.82) is 0 Å². The van der Waals surface area contributed by atoms with Crippen LogP contribution in [0.5, 0.6) is 0 Å². The fourth-order valence-corrected chi connectivity index (χ4v) is 2.14. The summed E-state index contributed by atoms with van der Waals surface area (Å²) in [5, 5.41) is 6.71. The van der Waals surface area contributed by atoms with E-state index in [-0.39, 0.29) is 12.3 Å². The second-order valence-corrected chi connectivity index (χ2v) is 5.60. The second-order valence-electron chi connectivity index (χ2n) is 5.60. The number of nitrogens with one attached hydrogen (secondary N) is 1. The summed E-state index contributed by atoms with van der Waals surface area (Å²) in [5.41, 5.74) is 1.47. The molecule has 1 N–H and O–H groups in total. The average Bonchev–Trinajstić information content (AvgIpc) is 3.10. The first-order chi connectivity index (χ1) is 12.1. The molecule has 0 saturated heterocycles. The minimum absolute atomic E-state index is 0.136. The molecule has 1 amide bonds. The average molecular weight is 338 g/mol. The molecule has 8 heteroatoms. The number of anilines is 2. The van der Waals surface area contributed by atoms with Crippen molar-refractivity contribution < 1.29 is 9.32 Å². The predicted octanol–water partition coefficient (Wildman–Crippen LogP) is 2.16. The number of hydrogen-bond donors (Lipinski definition) is 1. The van der Waals surface area contributed by atoms with Crippen molar-refractivity contribution >= 4 is 17.4 Å². The largest absolute Gasteiger partial charge is 0.363 e. The maximum atomic E-state index is 12.0. The molecule has 0 saturated carbocycles. The molecule has 3 rings (SSSR count). The molecule has 128 valence electrons. The lowest BCUT2D eigenvalue weighted by atomic mass is 10.2. The van der Waals surface area contributed by atoms with Crippen molar-refractivity contribution in [2.24, 2.45) is 0 Å². The molecular weight excluding hydrogens is 320 g/mol. The first-order valence-electron chi connectivity index (χ1n) is 7.78. The van der Waals surface area contributed by atoms with Crippen molar-refractivity contribution in [3.63, 3.8) is 0 Å². The van der Waals surface area contributed by atoms with E-state index in [1.165, 1.54) is 0 Å². The molecule has 0 aromatic carbocycles. The number of pyridine rings is 2. The molecule has 3 aromatic rings. The lowest BCUT2D eigenvalue weighted by molar-refractivity contribution is -0.116. The summed E-state index contributed by atoms with van der Waals surface area (Å²) in [4.78, 5) is 26.4. The number of rotatable bonds is 6. The smallest absolute Gasteiger partial charge is 0.227 e. The van der Waals surface area contributed by atoms with Gasteiger partial charge < -0.3 is 14.7 Å². The number of aryl methyl sites for hydroxylation is 1. The first-order valence-corrected chi connectivity index (χ1v) is 7.78. The van der Waals surface area contributed by atoms with Gasteiger partial charge in [0.1, 0.15) is 5.82 Å². The van der Waals surface area contributed by atoms with E-state index in [4.69, 9.17) is 4.52 Å². The van der Waals surface area contributed by atoms with Crippen molar-refractivity contribution in [2.75, 3.05) is 24.3 Å². The lowest BCUT2D eigenvalue weighted by Gasteiger charge is -2.11. The van der Waals surface area contributed by atoms with Crippen molar-refractivity contribution in [3.05, 3.63) is 48.7 Å². The summed E-state index contributed by atoms with van der Waals surface area (Å²) in [6.45, 7) is 0. The van der Waals surface area contributed by atoms with Gasteiger partial charge in [0, 0.05) is 44.9 Å². The fraction of sp³-hybridized carbons (Fsp3) is 0.235.